The Balaban J connectivity index is 0.00000176. The number of anilines is 1. The number of rotatable bonds is 3. The van der Waals surface area contributed by atoms with Crippen molar-refractivity contribution < 1.29 is 4.79 Å². The number of amidine groups is 1. The number of aromatic nitrogens is 1. The highest BCUT2D eigenvalue weighted by molar-refractivity contribution is 6.10. The van der Waals surface area contributed by atoms with Gasteiger partial charge in [-0.2, -0.15) is 0 Å². The van der Waals surface area contributed by atoms with Crippen LogP contribution in [-0.2, 0) is 4.79 Å². The van der Waals surface area contributed by atoms with Crippen LogP contribution in [0, 0.1) is 0 Å². The third-order valence-electron chi connectivity index (χ3n) is 3.53. The number of hydrogen-bond donors (Lipinski definition) is 1. The summed E-state index contributed by atoms with van der Waals surface area (Å²) >= 11 is 0. The zero-order valence-corrected chi connectivity index (χ0v) is 13.5. The quantitative estimate of drug-likeness (QED) is 0.937. The van der Waals surface area contributed by atoms with Crippen molar-refractivity contribution in [3.05, 3.63) is 30.5 Å². The summed E-state index contributed by atoms with van der Waals surface area (Å²) in [6, 6.07) is 7.78. The molecule has 0 unspecified atom stereocenters. The summed E-state index contributed by atoms with van der Waals surface area (Å²) in [4.78, 5) is 21.1. The third kappa shape index (κ3) is 2.90. The van der Waals surface area contributed by atoms with Gasteiger partial charge in [-0.15, -0.1) is 12.4 Å². The van der Waals surface area contributed by atoms with E-state index in [4.69, 9.17) is 0 Å². The number of para-hydroxylation sites is 1. The lowest BCUT2D eigenvalue weighted by Gasteiger charge is -2.30. The standard InChI is InChI=1S/C16H18N4O.ClH/c1-3-4-9-15-18-14-10-17-13-8-6-5-7-12(13)16(14)20(19-15)11(2)21;/h5-8,10H,3-4,9H2,1-2H3,(H,18,19);1H. The SMILES string of the molecule is CCCCC1=Nc2cnc3ccccc3c2N(C(C)=O)N1.Cl. The number of hydrogen-bond acceptors (Lipinski definition) is 4. The number of aliphatic imine (C=N–C) groups is 1. The monoisotopic (exact) mass is 318 g/mol. The van der Waals surface area contributed by atoms with Gasteiger partial charge in [-0.3, -0.25) is 15.2 Å². The number of carbonyl (C=O) groups excluding carboxylic acids is 1. The van der Waals surface area contributed by atoms with Gasteiger partial charge in [0.15, 0.2) is 0 Å². The molecule has 22 heavy (non-hydrogen) atoms. The molecule has 1 aliphatic rings. The van der Waals surface area contributed by atoms with Gasteiger partial charge in [0.05, 0.1) is 11.7 Å². The molecule has 0 spiro atoms. The maximum absolute atomic E-state index is 12.0. The fraction of sp³-hybridized carbons (Fsp3) is 0.312. The van der Waals surface area contributed by atoms with E-state index in [1.807, 2.05) is 24.3 Å². The largest absolute Gasteiger partial charge is 0.278 e. The van der Waals surface area contributed by atoms with E-state index in [-0.39, 0.29) is 18.3 Å². The molecule has 0 radical (unpaired) electrons. The summed E-state index contributed by atoms with van der Waals surface area (Å²) in [6.45, 7) is 3.68. The summed E-state index contributed by atoms with van der Waals surface area (Å²) in [5, 5.41) is 2.51. The van der Waals surface area contributed by atoms with E-state index in [1.54, 1.807) is 18.1 Å². The number of unbranched alkanes of at least 4 members (excludes halogenated alkanes) is 1. The minimum atomic E-state index is -0.0588. The second-order valence-electron chi connectivity index (χ2n) is 5.14. The minimum Gasteiger partial charge on any atom is -0.278 e. The Bertz CT molecular complexity index is 729. The molecule has 6 heteroatoms. The molecule has 1 aliphatic heterocycles. The number of hydrazine groups is 1. The molecule has 3 rings (SSSR count). The number of fused-ring (bicyclic) bond motifs is 3. The summed E-state index contributed by atoms with van der Waals surface area (Å²) < 4.78 is 0. The minimum absolute atomic E-state index is 0. The van der Waals surface area contributed by atoms with Crippen molar-refractivity contribution in [3.8, 4) is 0 Å². The second-order valence-corrected chi connectivity index (χ2v) is 5.14. The van der Waals surface area contributed by atoms with E-state index in [1.165, 1.54) is 0 Å². The number of pyridine rings is 1. The van der Waals surface area contributed by atoms with Crippen LogP contribution in [0.1, 0.15) is 33.1 Å². The van der Waals surface area contributed by atoms with Crippen molar-refractivity contribution in [2.45, 2.75) is 33.1 Å². The van der Waals surface area contributed by atoms with Gasteiger partial charge in [0.1, 0.15) is 17.2 Å². The normalized spacial score (nSPS) is 13.0. The van der Waals surface area contributed by atoms with Crippen molar-refractivity contribution in [2.75, 3.05) is 5.01 Å². The molecule has 116 valence electrons. The van der Waals surface area contributed by atoms with Crippen molar-refractivity contribution in [1.82, 2.24) is 10.4 Å². The Hall–Kier alpha value is -2.14. The average molecular weight is 319 g/mol. The van der Waals surface area contributed by atoms with E-state index in [0.717, 1.165) is 47.4 Å². The van der Waals surface area contributed by atoms with Gasteiger partial charge in [0, 0.05) is 18.7 Å². The fourth-order valence-electron chi connectivity index (χ4n) is 2.48. The highest BCUT2D eigenvalue weighted by Crippen LogP contribution is 2.36. The van der Waals surface area contributed by atoms with Crippen LogP contribution in [0.25, 0.3) is 10.9 Å². The first kappa shape index (κ1) is 16.2. The predicted molar refractivity (Wildman–Crippen MR) is 91.9 cm³/mol. The predicted octanol–water partition coefficient (Wildman–Crippen LogP) is 3.75. The molecule has 0 bridgehead atoms. The summed E-state index contributed by atoms with van der Waals surface area (Å²) in [7, 11) is 0. The first-order valence-electron chi connectivity index (χ1n) is 7.23. The van der Waals surface area contributed by atoms with E-state index >= 15 is 0 Å². The molecule has 0 atom stereocenters. The van der Waals surface area contributed by atoms with Gasteiger partial charge < -0.3 is 0 Å². The first-order valence-corrected chi connectivity index (χ1v) is 7.23. The number of carbonyl (C=O) groups is 1. The lowest BCUT2D eigenvalue weighted by molar-refractivity contribution is -0.117. The summed E-state index contributed by atoms with van der Waals surface area (Å²) in [5.74, 6) is 0.758. The highest BCUT2D eigenvalue weighted by atomic mass is 35.5. The lowest BCUT2D eigenvalue weighted by Crippen LogP contribution is -2.47. The van der Waals surface area contributed by atoms with Gasteiger partial charge in [0.2, 0.25) is 5.91 Å². The van der Waals surface area contributed by atoms with Gasteiger partial charge in [0.25, 0.3) is 0 Å². The molecule has 1 aromatic carbocycles. The Morgan fingerprint density at radius 3 is 2.82 bits per heavy atom. The Labute approximate surface area is 135 Å². The first-order chi connectivity index (χ1) is 10.2. The van der Waals surface area contributed by atoms with Gasteiger partial charge in [-0.05, 0) is 12.5 Å². The van der Waals surface area contributed by atoms with Crippen molar-refractivity contribution >= 4 is 46.4 Å². The molecule has 0 aliphatic carbocycles. The van der Waals surface area contributed by atoms with Crippen LogP contribution in [0.3, 0.4) is 0 Å². The van der Waals surface area contributed by atoms with Crippen molar-refractivity contribution in [3.63, 3.8) is 0 Å². The van der Waals surface area contributed by atoms with Crippen molar-refractivity contribution in [2.24, 2.45) is 4.99 Å². The number of nitrogens with one attached hydrogen (secondary N) is 1. The molecule has 1 aromatic heterocycles. The molecule has 0 fully saturated rings. The molecule has 1 amide bonds. The molecule has 5 nitrogen and oxygen atoms in total. The molecule has 2 heterocycles. The van der Waals surface area contributed by atoms with Crippen LogP contribution in [0.5, 0.6) is 0 Å². The smallest absolute Gasteiger partial charge is 0.242 e. The van der Waals surface area contributed by atoms with Crippen LogP contribution in [0.2, 0.25) is 0 Å². The fourth-order valence-corrected chi connectivity index (χ4v) is 2.48. The molecule has 0 saturated carbocycles. The summed E-state index contributed by atoms with van der Waals surface area (Å²) in [6.07, 6.45) is 4.68. The second kappa shape index (κ2) is 6.75. The number of halogens is 1. The average Bonchev–Trinajstić information content (AvgIpc) is 2.51. The van der Waals surface area contributed by atoms with Gasteiger partial charge >= 0.3 is 0 Å². The van der Waals surface area contributed by atoms with E-state index in [2.05, 4.69) is 22.3 Å². The molecular weight excluding hydrogens is 300 g/mol. The van der Waals surface area contributed by atoms with Crippen molar-refractivity contribution in [1.29, 1.82) is 0 Å². The van der Waals surface area contributed by atoms with Gasteiger partial charge in [-0.1, -0.05) is 31.5 Å². The topological polar surface area (TPSA) is 57.6 Å². The highest BCUT2D eigenvalue weighted by Gasteiger charge is 2.24. The third-order valence-corrected chi connectivity index (χ3v) is 3.53. The van der Waals surface area contributed by atoms with E-state index in [9.17, 15) is 4.79 Å². The van der Waals surface area contributed by atoms with Crippen LogP contribution in [0.4, 0.5) is 11.4 Å². The Morgan fingerprint density at radius 2 is 2.09 bits per heavy atom. The Kier molecular flexibility index (Phi) is 4.98. The molecule has 1 N–H and O–H groups in total. The summed E-state index contributed by atoms with van der Waals surface area (Å²) in [5.41, 5.74) is 5.53. The zero-order valence-electron chi connectivity index (χ0n) is 12.7. The number of nitrogens with zero attached hydrogens (tertiary/aromatic N) is 3. The van der Waals surface area contributed by atoms with Crippen LogP contribution >= 0.6 is 12.4 Å². The maximum atomic E-state index is 12.0. The van der Waals surface area contributed by atoms with E-state index < -0.39 is 0 Å². The number of amides is 1. The van der Waals surface area contributed by atoms with E-state index in [0.29, 0.717) is 0 Å². The molecule has 0 saturated heterocycles. The zero-order chi connectivity index (χ0) is 14.8. The van der Waals surface area contributed by atoms with Crippen LogP contribution in [-0.4, -0.2) is 16.7 Å². The molecular formula is C16H19ClN4O. The van der Waals surface area contributed by atoms with Crippen LogP contribution in [0.15, 0.2) is 35.5 Å². The number of benzene rings is 1. The lowest BCUT2D eigenvalue weighted by atomic mass is 10.1. The van der Waals surface area contributed by atoms with Crippen LogP contribution < -0.4 is 10.4 Å². The maximum Gasteiger partial charge on any atom is 0.242 e. The molecule has 2 aromatic rings. The Morgan fingerprint density at radius 1 is 1.32 bits per heavy atom. The van der Waals surface area contributed by atoms with Gasteiger partial charge in [-0.25, -0.2) is 10.0 Å².